The van der Waals surface area contributed by atoms with E-state index in [9.17, 15) is 4.79 Å². The molecule has 0 saturated carbocycles. The van der Waals surface area contributed by atoms with E-state index >= 15 is 0 Å². The molecule has 6 nitrogen and oxygen atoms in total. The number of ether oxygens (including phenoxy) is 1. The van der Waals surface area contributed by atoms with Gasteiger partial charge < -0.3 is 10.1 Å². The Morgan fingerprint density at radius 2 is 2.16 bits per heavy atom. The number of aromatic nitrogens is 3. The van der Waals surface area contributed by atoms with Gasteiger partial charge in [-0.05, 0) is 44.1 Å². The monoisotopic (exact) mass is 342 g/mol. The summed E-state index contributed by atoms with van der Waals surface area (Å²) in [5.74, 6) is -0.162. The number of rotatable bonds is 8. The second kappa shape index (κ2) is 9.32. The second-order valence-electron chi connectivity index (χ2n) is 6.49. The van der Waals surface area contributed by atoms with Gasteiger partial charge in [0.15, 0.2) is 5.69 Å². The summed E-state index contributed by atoms with van der Waals surface area (Å²) < 4.78 is 7.41. The van der Waals surface area contributed by atoms with E-state index in [2.05, 4.69) is 27.8 Å². The highest BCUT2D eigenvalue weighted by Crippen LogP contribution is 2.14. The first-order valence-electron chi connectivity index (χ1n) is 9.15. The fourth-order valence-electron chi connectivity index (χ4n) is 3.07. The van der Waals surface area contributed by atoms with Crippen LogP contribution >= 0.6 is 0 Å². The third-order valence-electron chi connectivity index (χ3n) is 4.49. The van der Waals surface area contributed by atoms with E-state index in [0.717, 1.165) is 45.3 Å². The predicted octanol–water partition coefficient (Wildman–Crippen LogP) is 2.60. The SMILES string of the molecule is O=C(NCCC1CCCCO1)c1cn(CCCc2ccccc2)nn1. The first-order valence-corrected chi connectivity index (χ1v) is 9.15. The Morgan fingerprint density at radius 1 is 1.28 bits per heavy atom. The number of nitrogens with one attached hydrogen (secondary N) is 1. The van der Waals surface area contributed by atoms with E-state index in [1.807, 2.05) is 18.2 Å². The Kier molecular flexibility index (Phi) is 6.56. The van der Waals surface area contributed by atoms with Crippen LogP contribution < -0.4 is 5.32 Å². The largest absolute Gasteiger partial charge is 0.378 e. The Balaban J connectivity index is 1.37. The second-order valence-corrected chi connectivity index (χ2v) is 6.49. The summed E-state index contributed by atoms with van der Waals surface area (Å²) >= 11 is 0. The molecule has 1 aliphatic rings. The Bertz CT molecular complexity index is 650. The maximum absolute atomic E-state index is 12.1. The van der Waals surface area contributed by atoms with Crippen molar-refractivity contribution in [2.24, 2.45) is 0 Å². The maximum Gasteiger partial charge on any atom is 0.273 e. The van der Waals surface area contributed by atoms with E-state index in [-0.39, 0.29) is 12.0 Å². The Labute approximate surface area is 148 Å². The Hall–Kier alpha value is -2.21. The molecule has 6 heteroatoms. The quantitative estimate of drug-likeness (QED) is 0.801. The number of hydrogen-bond acceptors (Lipinski definition) is 4. The van der Waals surface area contributed by atoms with Crippen LogP contribution in [-0.4, -0.2) is 40.2 Å². The van der Waals surface area contributed by atoms with Gasteiger partial charge in [0, 0.05) is 19.7 Å². The first kappa shape index (κ1) is 17.6. The van der Waals surface area contributed by atoms with E-state index in [4.69, 9.17) is 4.74 Å². The lowest BCUT2D eigenvalue weighted by atomic mass is 10.1. The topological polar surface area (TPSA) is 69.0 Å². The fraction of sp³-hybridized carbons (Fsp3) is 0.526. The van der Waals surface area contributed by atoms with Gasteiger partial charge in [0.2, 0.25) is 0 Å². The number of carbonyl (C=O) groups is 1. The molecule has 1 aromatic heterocycles. The van der Waals surface area contributed by atoms with E-state index in [1.165, 1.54) is 12.0 Å². The summed E-state index contributed by atoms with van der Waals surface area (Å²) in [7, 11) is 0. The van der Waals surface area contributed by atoms with Crippen LogP contribution in [0.4, 0.5) is 0 Å². The van der Waals surface area contributed by atoms with Gasteiger partial charge in [0.05, 0.1) is 12.3 Å². The molecule has 0 bridgehead atoms. The molecule has 1 saturated heterocycles. The summed E-state index contributed by atoms with van der Waals surface area (Å²) in [5, 5.41) is 10.9. The standard InChI is InChI=1S/C19H26N4O2/c24-19(20-12-11-17-10-4-5-14-25-17)18-15-23(22-21-18)13-6-9-16-7-2-1-3-8-16/h1-3,7-8,15,17H,4-6,9-14H2,(H,20,24). The number of hydrogen-bond donors (Lipinski definition) is 1. The minimum atomic E-state index is -0.162. The summed E-state index contributed by atoms with van der Waals surface area (Å²) in [6.07, 6.45) is 8.27. The van der Waals surface area contributed by atoms with Crippen LogP contribution in [0.3, 0.4) is 0 Å². The molecule has 2 heterocycles. The molecule has 1 fully saturated rings. The molecule has 2 aromatic rings. The van der Waals surface area contributed by atoms with Crippen LogP contribution in [0.15, 0.2) is 36.5 Å². The molecule has 3 rings (SSSR count). The normalized spacial score (nSPS) is 17.4. The highest BCUT2D eigenvalue weighted by molar-refractivity contribution is 5.91. The highest BCUT2D eigenvalue weighted by Gasteiger charge is 2.15. The van der Waals surface area contributed by atoms with E-state index in [1.54, 1.807) is 10.9 Å². The van der Waals surface area contributed by atoms with Gasteiger partial charge in [-0.25, -0.2) is 0 Å². The maximum atomic E-state index is 12.1. The lowest BCUT2D eigenvalue weighted by molar-refractivity contribution is 0.0117. The van der Waals surface area contributed by atoms with Gasteiger partial charge >= 0.3 is 0 Å². The number of amides is 1. The minimum Gasteiger partial charge on any atom is -0.378 e. The van der Waals surface area contributed by atoms with Gasteiger partial charge in [-0.3, -0.25) is 9.48 Å². The molecule has 1 unspecified atom stereocenters. The zero-order chi connectivity index (χ0) is 17.3. The van der Waals surface area contributed by atoms with Gasteiger partial charge in [-0.15, -0.1) is 5.10 Å². The smallest absolute Gasteiger partial charge is 0.273 e. The summed E-state index contributed by atoms with van der Waals surface area (Å²) in [6.45, 7) is 2.21. The van der Waals surface area contributed by atoms with Gasteiger partial charge in [-0.2, -0.15) is 0 Å². The van der Waals surface area contributed by atoms with Crippen molar-refractivity contribution in [3.05, 3.63) is 47.8 Å². The molecule has 0 spiro atoms. The molecular weight excluding hydrogens is 316 g/mol. The van der Waals surface area contributed by atoms with Crippen LogP contribution in [0.2, 0.25) is 0 Å². The third-order valence-corrected chi connectivity index (χ3v) is 4.49. The van der Waals surface area contributed by atoms with Crippen molar-refractivity contribution >= 4 is 5.91 Å². The molecule has 25 heavy (non-hydrogen) atoms. The van der Waals surface area contributed by atoms with Gasteiger partial charge in [-0.1, -0.05) is 35.5 Å². The fourth-order valence-corrected chi connectivity index (χ4v) is 3.07. The molecule has 1 aromatic carbocycles. The zero-order valence-electron chi connectivity index (χ0n) is 14.6. The van der Waals surface area contributed by atoms with Crippen LogP contribution in [0.5, 0.6) is 0 Å². The van der Waals surface area contributed by atoms with Crippen molar-refractivity contribution in [2.45, 2.75) is 51.2 Å². The lowest BCUT2D eigenvalue weighted by Gasteiger charge is -2.22. The average Bonchev–Trinajstić information content (AvgIpc) is 3.12. The zero-order valence-corrected chi connectivity index (χ0v) is 14.6. The number of nitrogens with zero attached hydrogens (tertiary/aromatic N) is 3. The van der Waals surface area contributed by atoms with Crippen molar-refractivity contribution in [1.82, 2.24) is 20.3 Å². The van der Waals surface area contributed by atoms with Crippen molar-refractivity contribution in [3.8, 4) is 0 Å². The number of carbonyl (C=O) groups excluding carboxylic acids is 1. The summed E-state index contributed by atoms with van der Waals surface area (Å²) in [6, 6.07) is 10.4. The van der Waals surface area contributed by atoms with Crippen LogP contribution in [0.1, 0.15) is 48.2 Å². The van der Waals surface area contributed by atoms with Crippen LogP contribution in [0, 0.1) is 0 Å². The molecule has 1 aliphatic heterocycles. The molecule has 1 amide bonds. The minimum absolute atomic E-state index is 0.162. The molecule has 0 radical (unpaired) electrons. The summed E-state index contributed by atoms with van der Waals surface area (Å²) in [4.78, 5) is 12.1. The van der Waals surface area contributed by atoms with Crippen molar-refractivity contribution in [3.63, 3.8) is 0 Å². The molecule has 0 aliphatic carbocycles. The van der Waals surface area contributed by atoms with Gasteiger partial charge in [0.1, 0.15) is 0 Å². The third kappa shape index (κ3) is 5.67. The molecule has 1 atom stereocenters. The molecular formula is C19H26N4O2. The van der Waals surface area contributed by atoms with Crippen LogP contribution in [0.25, 0.3) is 0 Å². The van der Waals surface area contributed by atoms with Gasteiger partial charge in [0.25, 0.3) is 5.91 Å². The highest BCUT2D eigenvalue weighted by atomic mass is 16.5. The lowest BCUT2D eigenvalue weighted by Crippen LogP contribution is -2.29. The van der Waals surface area contributed by atoms with E-state index in [0.29, 0.717) is 12.2 Å². The predicted molar refractivity (Wildman–Crippen MR) is 95.3 cm³/mol. The Morgan fingerprint density at radius 3 is 2.96 bits per heavy atom. The van der Waals surface area contributed by atoms with Crippen molar-refractivity contribution in [1.29, 1.82) is 0 Å². The molecule has 134 valence electrons. The van der Waals surface area contributed by atoms with E-state index < -0.39 is 0 Å². The number of aryl methyl sites for hydroxylation is 2. The number of benzene rings is 1. The molecule has 1 N–H and O–H groups in total. The average molecular weight is 342 g/mol. The van der Waals surface area contributed by atoms with Crippen LogP contribution in [-0.2, 0) is 17.7 Å². The summed E-state index contributed by atoms with van der Waals surface area (Å²) in [5.41, 5.74) is 1.69. The van der Waals surface area contributed by atoms with Crippen molar-refractivity contribution < 1.29 is 9.53 Å². The first-order chi connectivity index (χ1) is 12.3. The van der Waals surface area contributed by atoms with Crippen molar-refractivity contribution in [2.75, 3.05) is 13.2 Å².